The number of carbonyl (C=O) groups excluding carboxylic acids is 1. The Balaban J connectivity index is 1.61. The first kappa shape index (κ1) is 15.4. The summed E-state index contributed by atoms with van der Waals surface area (Å²) in [6, 6.07) is 11.0. The standard InChI is InChI=1S/C19H15ClN4O2/c20-13-4-1-3-11(7-13)12-8-14-17(15(25)9-12)18(16-5-2-6-26-16)24-19(23-14)21-10-22-24/h1-8,10,12,17-18H,9H2,(H,21,22,23)/t12-,17-,18-/m1/s1. The number of hydrogen-bond acceptors (Lipinski definition) is 5. The molecule has 2 aliphatic rings. The second kappa shape index (κ2) is 5.85. The van der Waals surface area contributed by atoms with Crippen LogP contribution in [0.3, 0.4) is 0 Å². The van der Waals surface area contributed by atoms with Crippen molar-refractivity contribution in [3.8, 4) is 0 Å². The molecule has 1 aliphatic heterocycles. The highest BCUT2D eigenvalue weighted by atomic mass is 35.5. The lowest BCUT2D eigenvalue weighted by Crippen LogP contribution is -2.39. The summed E-state index contributed by atoms with van der Waals surface area (Å²) in [6.45, 7) is 0. The van der Waals surface area contributed by atoms with Gasteiger partial charge < -0.3 is 9.73 Å². The smallest absolute Gasteiger partial charge is 0.226 e. The van der Waals surface area contributed by atoms with E-state index in [2.05, 4.69) is 21.5 Å². The molecule has 3 aromatic rings. The number of aromatic nitrogens is 3. The van der Waals surface area contributed by atoms with Crippen molar-refractivity contribution in [2.75, 3.05) is 5.32 Å². The van der Waals surface area contributed by atoms with Gasteiger partial charge in [0, 0.05) is 23.1 Å². The number of anilines is 1. The monoisotopic (exact) mass is 366 g/mol. The highest BCUT2D eigenvalue weighted by Crippen LogP contribution is 2.44. The van der Waals surface area contributed by atoms with Crippen LogP contribution in [0.15, 0.2) is 65.2 Å². The van der Waals surface area contributed by atoms with Crippen LogP contribution in [0.2, 0.25) is 5.02 Å². The molecule has 0 amide bonds. The summed E-state index contributed by atoms with van der Waals surface area (Å²) in [4.78, 5) is 17.4. The molecule has 5 rings (SSSR count). The normalized spacial score (nSPS) is 24.4. The SMILES string of the molecule is O=C1C[C@H](c2cccc(Cl)c2)C=C2Nc3ncnn3[C@H](c3ccco3)[C@@H]12. The van der Waals surface area contributed by atoms with Crippen molar-refractivity contribution >= 4 is 23.3 Å². The van der Waals surface area contributed by atoms with Gasteiger partial charge in [0.05, 0.1) is 12.2 Å². The van der Waals surface area contributed by atoms with Crippen molar-refractivity contribution in [3.63, 3.8) is 0 Å². The Labute approximate surface area is 154 Å². The molecule has 2 aromatic heterocycles. The molecule has 1 N–H and O–H groups in total. The lowest BCUT2D eigenvalue weighted by Gasteiger charge is -2.36. The third-order valence-electron chi connectivity index (χ3n) is 5.00. The predicted molar refractivity (Wildman–Crippen MR) is 95.9 cm³/mol. The minimum Gasteiger partial charge on any atom is -0.467 e. The molecule has 130 valence electrons. The molecule has 0 bridgehead atoms. The molecule has 7 heteroatoms. The van der Waals surface area contributed by atoms with E-state index >= 15 is 0 Å². The summed E-state index contributed by atoms with van der Waals surface area (Å²) in [6.07, 6.45) is 5.61. The van der Waals surface area contributed by atoms with E-state index in [0.29, 0.717) is 23.2 Å². The van der Waals surface area contributed by atoms with Gasteiger partial charge in [-0.15, -0.1) is 0 Å². The van der Waals surface area contributed by atoms with Gasteiger partial charge in [-0.3, -0.25) is 4.79 Å². The second-order valence-corrected chi connectivity index (χ2v) is 6.98. The molecular formula is C19H15ClN4O2. The number of allylic oxidation sites excluding steroid dienone is 2. The van der Waals surface area contributed by atoms with Crippen molar-refractivity contribution in [1.82, 2.24) is 14.8 Å². The number of halogens is 1. The molecule has 1 aliphatic carbocycles. The molecule has 3 heterocycles. The van der Waals surface area contributed by atoms with E-state index < -0.39 is 0 Å². The Hall–Kier alpha value is -2.86. The number of fused-ring (bicyclic) bond motifs is 2. The molecule has 1 aromatic carbocycles. The van der Waals surface area contributed by atoms with Gasteiger partial charge >= 0.3 is 0 Å². The fraction of sp³-hybridized carbons (Fsp3) is 0.211. The van der Waals surface area contributed by atoms with Crippen LogP contribution in [0.1, 0.15) is 29.7 Å². The zero-order valence-electron chi connectivity index (χ0n) is 13.7. The maximum atomic E-state index is 13.1. The molecule has 0 saturated carbocycles. The van der Waals surface area contributed by atoms with Gasteiger partial charge in [-0.25, -0.2) is 4.68 Å². The topological polar surface area (TPSA) is 73.0 Å². The summed E-state index contributed by atoms with van der Waals surface area (Å²) in [7, 11) is 0. The van der Waals surface area contributed by atoms with Crippen molar-refractivity contribution < 1.29 is 9.21 Å². The quantitative estimate of drug-likeness (QED) is 0.746. The van der Waals surface area contributed by atoms with E-state index in [1.807, 2.05) is 36.4 Å². The number of hydrogen-bond donors (Lipinski definition) is 1. The maximum absolute atomic E-state index is 13.1. The fourth-order valence-electron chi connectivity index (χ4n) is 3.87. The Bertz CT molecular complexity index is 1010. The number of rotatable bonds is 2. The molecule has 3 atom stereocenters. The van der Waals surface area contributed by atoms with E-state index in [4.69, 9.17) is 16.0 Å². The van der Waals surface area contributed by atoms with Crippen LogP contribution in [0.5, 0.6) is 0 Å². The van der Waals surface area contributed by atoms with Crippen molar-refractivity contribution in [2.45, 2.75) is 18.4 Å². The Morgan fingerprint density at radius 2 is 2.19 bits per heavy atom. The molecule has 0 saturated heterocycles. The summed E-state index contributed by atoms with van der Waals surface area (Å²) >= 11 is 6.13. The number of nitrogens with one attached hydrogen (secondary N) is 1. The first-order valence-corrected chi connectivity index (χ1v) is 8.78. The molecule has 0 fully saturated rings. The van der Waals surface area contributed by atoms with Crippen molar-refractivity contribution in [2.24, 2.45) is 5.92 Å². The molecular weight excluding hydrogens is 352 g/mol. The highest BCUT2D eigenvalue weighted by Gasteiger charge is 2.44. The van der Waals surface area contributed by atoms with Crippen LogP contribution < -0.4 is 5.32 Å². The van der Waals surface area contributed by atoms with Crippen molar-refractivity contribution in [1.29, 1.82) is 0 Å². The summed E-state index contributed by atoms with van der Waals surface area (Å²) in [5, 5.41) is 8.23. The zero-order chi connectivity index (χ0) is 17.7. The number of ketones is 1. The molecule has 26 heavy (non-hydrogen) atoms. The van der Waals surface area contributed by atoms with E-state index in [9.17, 15) is 4.79 Å². The van der Waals surface area contributed by atoms with Gasteiger partial charge in [0.15, 0.2) is 0 Å². The van der Waals surface area contributed by atoms with E-state index in [1.165, 1.54) is 6.33 Å². The largest absolute Gasteiger partial charge is 0.467 e. The summed E-state index contributed by atoms with van der Waals surface area (Å²) in [5.74, 6) is 1.05. The third-order valence-corrected chi connectivity index (χ3v) is 5.24. The van der Waals surface area contributed by atoms with Crippen LogP contribution in [-0.4, -0.2) is 20.5 Å². The molecule has 0 spiro atoms. The van der Waals surface area contributed by atoms with Gasteiger partial charge in [-0.05, 0) is 29.8 Å². The van der Waals surface area contributed by atoms with Gasteiger partial charge in [0.1, 0.15) is 23.9 Å². The Morgan fingerprint density at radius 3 is 3.00 bits per heavy atom. The van der Waals surface area contributed by atoms with Crippen LogP contribution in [0.4, 0.5) is 5.95 Å². The highest BCUT2D eigenvalue weighted by molar-refractivity contribution is 6.30. The first-order chi connectivity index (χ1) is 12.7. The van der Waals surface area contributed by atoms with Crippen LogP contribution >= 0.6 is 11.6 Å². The number of nitrogens with zero attached hydrogens (tertiary/aromatic N) is 3. The first-order valence-electron chi connectivity index (χ1n) is 8.40. The van der Waals surface area contributed by atoms with Gasteiger partial charge in [0.25, 0.3) is 0 Å². The number of benzene rings is 1. The van der Waals surface area contributed by atoms with Gasteiger partial charge in [-0.1, -0.05) is 29.8 Å². The predicted octanol–water partition coefficient (Wildman–Crippen LogP) is 3.80. The summed E-state index contributed by atoms with van der Waals surface area (Å²) < 4.78 is 7.33. The van der Waals surface area contributed by atoms with E-state index in [1.54, 1.807) is 10.9 Å². The Morgan fingerprint density at radius 1 is 1.27 bits per heavy atom. The maximum Gasteiger partial charge on any atom is 0.226 e. The number of carbonyl (C=O) groups is 1. The average molecular weight is 367 g/mol. The molecule has 0 unspecified atom stereocenters. The van der Waals surface area contributed by atoms with E-state index in [0.717, 1.165) is 11.3 Å². The second-order valence-electron chi connectivity index (χ2n) is 6.55. The third kappa shape index (κ3) is 2.37. The molecule has 0 radical (unpaired) electrons. The fourth-order valence-corrected chi connectivity index (χ4v) is 4.07. The van der Waals surface area contributed by atoms with Crippen LogP contribution in [0, 0.1) is 5.92 Å². The van der Waals surface area contributed by atoms with Crippen LogP contribution in [0.25, 0.3) is 0 Å². The minimum atomic E-state index is -0.370. The molecule has 6 nitrogen and oxygen atoms in total. The van der Waals surface area contributed by atoms with E-state index in [-0.39, 0.29) is 23.7 Å². The van der Waals surface area contributed by atoms with Gasteiger partial charge in [0.2, 0.25) is 5.95 Å². The Kier molecular flexibility index (Phi) is 3.46. The summed E-state index contributed by atoms with van der Waals surface area (Å²) in [5.41, 5.74) is 1.87. The lowest BCUT2D eigenvalue weighted by atomic mass is 9.77. The van der Waals surface area contributed by atoms with Crippen LogP contribution in [-0.2, 0) is 4.79 Å². The lowest BCUT2D eigenvalue weighted by molar-refractivity contribution is -0.123. The minimum absolute atomic E-state index is 0.0216. The number of Topliss-reactive ketones (excluding diaryl/α,β-unsaturated/α-hetero) is 1. The zero-order valence-corrected chi connectivity index (χ0v) is 14.4. The average Bonchev–Trinajstić information content (AvgIpc) is 3.31. The van der Waals surface area contributed by atoms with Crippen molar-refractivity contribution in [3.05, 3.63) is 77.1 Å². The van der Waals surface area contributed by atoms with Gasteiger partial charge in [-0.2, -0.15) is 10.1 Å². The number of furan rings is 1.